The van der Waals surface area contributed by atoms with Gasteiger partial charge in [-0.1, -0.05) is 42.3 Å². The minimum atomic E-state index is -3.53. The molecule has 158 valence electrons. The summed E-state index contributed by atoms with van der Waals surface area (Å²) in [4.78, 5) is 10.6. The fourth-order valence-corrected chi connectivity index (χ4v) is 5.79. The maximum absolute atomic E-state index is 12.6. The number of halogens is 1. The first-order valence-electron chi connectivity index (χ1n) is 10.2. The number of hydrogen-bond donors (Lipinski definition) is 2. The molecule has 2 N–H and O–H groups in total. The predicted octanol–water partition coefficient (Wildman–Crippen LogP) is 4.85. The van der Waals surface area contributed by atoms with Crippen molar-refractivity contribution in [3.05, 3.63) is 52.4 Å². The van der Waals surface area contributed by atoms with E-state index in [2.05, 4.69) is 16.9 Å². The van der Waals surface area contributed by atoms with Crippen molar-refractivity contribution in [3.8, 4) is 0 Å². The highest BCUT2D eigenvalue weighted by molar-refractivity contribution is 7.92. The van der Waals surface area contributed by atoms with Crippen molar-refractivity contribution in [2.45, 2.75) is 51.0 Å². The van der Waals surface area contributed by atoms with Gasteiger partial charge in [0.2, 0.25) is 10.0 Å². The summed E-state index contributed by atoms with van der Waals surface area (Å²) in [5.41, 5.74) is 0.784. The molecule has 0 aromatic heterocycles. The van der Waals surface area contributed by atoms with Crippen LogP contribution in [0.4, 0.5) is 0 Å². The van der Waals surface area contributed by atoms with E-state index in [0.717, 1.165) is 37.7 Å². The van der Waals surface area contributed by atoms with Crippen LogP contribution in [0.15, 0.2) is 41.8 Å². The monoisotopic (exact) mass is 437 g/mol. The van der Waals surface area contributed by atoms with Crippen LogP contribution in [-0.2, 0) is 14.8 Å². The van der Waals surface area contributed by atoms with Crippen molar-refractivity contribution in [2.75, 3.05) is 0 Å². The Morgan fingerprint density at radius 2 is 1.97 bits per heavy atom. The number of carboxylic acids is 1. The molecule has 7 heteroatoms. The molecule has 2 bridgehead atoms. The Kier molecular flexibility index (Phi) is 7.55. The normalized spacial score (nSPS) is 27.1. The third kappa shape index (κ3) is 6.69. The van der Waals surface area contributed by atoms with Gasteiger partial charge in [-0.2, -0.15) is 0 Å². The standard InChI is InChI=1S/C22H28ClNO4S/c23-19-9-6-16(7-10-19)12-13-29(27,28)24-21-15-17-8-11-20(21)18(14-17)4-2-1-3-5-22(25)26/h2,4,6-7,9-10,12-13,17-18,20-21,24H,1,3,5,8,11,14-15H2,(H,25,26). The van der Waals surface area contributed by atoms with E-state index in [1.54, 1.807) is 30.3 Å². The van der Waals surface area contributed by atoms with Crippen molar-refractivity contribution < 1.29 is 18.3 Å². The van der Waals surface area contributed by atoms with Crippen molar-refractivity contribution in [2.24, 2.45) is 17.8 Å². The minimum absolute atomic E-state index is 0.0453. The van der Waals surface area contributed by atoms with Crippen molar-refractivity contribution in [1.82, 2.24) is 4.72 Å². The number of fused-ring (bicyclic) bond motifs is 3. The van der Waals surface area contributed by atoms with Gasteiger partial charge in [0.05, 0.1) is 0 Å². The van der Waals surface area contributed by atoms with E-state index in [-0.39, 0.29) is 12.5 Å². The Labute approximate surface area is 177 Å². The zero-order valence-corrected chi connectivity index (χ0v) is 17.9. The SMILES string of the molecule is O=C(O)CCCC=CC1CC2CCC1C(NS(=O)(=O)C=Cc1ccc(Cl)cc1)C2. The molecule has 1 aromatic carbocycles. The molecule has 4 unspecified atom stereocenters. The summed E-state index contributed by atoms with van der Waals surface area (Å²) in [5.74, 6) is 0.438. The van der Waals surface area contributed by atoms with E-state index in [0.29, 0.717) is 29.2 Å². The second-order valence-corrected chi connectivity index (χ2v) is 10.1. The van der Waals surface area contributed by atoms with Gasteiger partial charge < -0.3 is 5.11 Å². The van der Waals surface area contributed by atoms with Crippen LogP contribution in [0.2, 0.25) is 5.02 Å². The van der Waals surface area contributed by atoms with Crippen LogP contribution in [0.1, 0.15) is 50.5 Å². The van der Waals surface area contributed by atoms with Gasteiger partial charge in [-0.25, -0.2) is 13.1 Å². The van der Waals surface area contributed by atoms with Crippen LogP contribution in [0.3, 0.4) is 0 Å². The fraction of sp³-hybridized carbons (Fsp3) is 0.500. The molecule has 0 heterocycles. The second kappa shape index (κ2) is 9.92. The lowest BCUT2D eigenvalue weighted by molar-refractivity contribution is -0.137. The molecule has 3 aliphatic rings. The smallest absolute Gasteiger partial charge is 0.303 e. The summed E-state index contributed by atoms with van der Waals surface area (Å²) in [6.07, 6.45) is 11.6. The molecule has 3 saturated carbocycles. The second-order valence-electron chi connectivity index (χ2n) is 8.08. The van der Waals surface area contributed by atoms with Gasteiger partial charge >= 0.3 is 5.97 Å². The summed E-state index contributed by atoms with van der Waals surface area (Å²) in [6, 6.07) is 6.98. The molecule has 0 radical (unpaired) electrons. The lowest BCUT2D eigenvalue weighted by Crippen LogP contribution is -2.49. The van der Waals surface area contributed by atoms with E-state index in [9.17, 15) is 13.2 Å². The van der Waals surface area contributed by atoms with Gasteiger partial charge in [0.25, 0.3) is 0 Å². The van der Waals surface area contributed by atoms with E-state index in [1.165, 1.54) is 5.41 Å². The van der Waals surface area contributed by atoms with E-state index in [4.69, 9.17) is 16.7 Å². The number of nitrogens with one attached hydrogen (secondary N) is 1. The highest BCUT2D eigenvalue weighted by Crippen LogP contribution is 2.46. The Hall–Kier alpha value is -1.63. The molecule has 0 spiro atoms. The zero-order valence-electron chi connectivity index (χ0n) is 16.3. The molecule has 1 aromatic rings. The summed E-state index contributed by atoms with van der Waals surface area (Å²) >= 11 is 5.86. The number of hydrogen-bond acceptors (Lipinski definition) is 3. The molecule has 29 heavy (non-hydrogen) atoms. The lowest BCUT2D eigenvalue weighted by Gasteiger charge is -2.46. The zero-order chi connectivity index (χ0) is 20.9. The first-order valence-corrected chi connectivity index (χ1v) is 12.1. The maximum atomic E-state index is 12.6. The summed E-state index contributed by atoms with van der Waals surface area (Å²) in [5, 5.41) is 10.6. The van der Waals surface area contributed by atoms with Crippen molar-refractivity contribution >= 4 is 33.7 Å². The Morgan fingerprint density at radius 3 is 2.66 bits per heavy atom. The van der Waals surface area contributed by atoms with Crippen LogP contribution in [0.5, 0.6) is 0 Å². The van der Waals surface area contributed by atoms with Gasteiger partial charge in [0, 0.05) is 22.9 Å². The van der Waals surface area contributed by atoms with E-state index in [1.807, 2.05) is 0 Å². The minimum Gasteiger partial charge on any atom is -0.481 e. The van der Waals surface area contributed by atoms with Gasteiger partial charge in [-0.05, 0) is 73.6 Å². The van der Waals surface area contributed by atoms with Crippen LogP contribution in [-0.4, -0.2) is 25.5 Å². The molecule has 3 fully saturated rings. The van der Waals surface area contributed by atoms with Crippen molar-refractivity contribution in [1.29, 1.82) is 0 Å². The van der Waals surface area contributed by atoms with Gasteiger partial charge in [0.1, 0.15) is 0 Å². The summed E-state index contributed by atoms with van der Waals surface area (Å²) < 4.78 is 28.1. The number of benzene rings is 1. The number of unbranched alkanes of at least 4 members (excludes halogenated alkanes) is 1. The molecule has 3 aliphatic carbocycles. The number of carboxylic acid groups (broad SMARTS) is 1. The van der Waals surface area contributed by atoms with Gasteiger partial charge in [-0.3, -0.25) is 4.79 Å². The maximum Gasteiger partial charge on any atom is 0.303 e. The molecule has 0 saturated heterocycles. The third-order valence-corrected chi connectivity index (χ3v) is 7.32. The Morgan fingerprint density at radius 1 is 1.21 bits per heavy atom. The largest absolute Gasteiger partial charge is 0.481 e. The highest BCUT2D eigenvalue weighted by atomic mass is 35.5. The lowest BCUT2D eigenvalue weighted by atomic mass is 9.62. The molecule has 5 nitrogen and oxygen atoms in total. The number of carbonyl (C=O) groups is 1. The van der Waals surface area contributed by atoms with Crippen LogP contribution < -0.4 is 4.72 Å². The molecular weight excluding hydrogens is 410 g/mol. The molecule has 0 aliphatic heterocycles. The van der Waals surface area contributed by atoms with Crippen LogP contribution in [0.25, 0.3) is 6.08 Å². The Bertz CT molecular complexity index is 863. The predicted molar refractivity (Wildman–Crippen MR) is 116 cm³/mol. The molecule has 4 atom stereocenters. The average Bonchev–Trinajstić information content (AvgIpc) is 2.67. The van der Waals surface area contributed by atoms with E-state index >= 15 is 0 Å². The molecular formula is C22H28ClNO4S. The molecule has 4 rings (SSSR count). The first kappa shape index (κ1) is 22.1. The fourth-order valence-electron chi connectivity index (χ4n) is 4.56. The van der Waals surface area contributed by atoms with Crippen LogP contribution >= 0.6 is 11.6 Å². The molecule has 0 amide bonds. The number of sulfonamides is 1. The Balaban J connectivity index is 1.59. The highest BCUT2D eigenvalue weighted by Gasteiger charge is 2.42. The quantitative estimate of drug-likeness (QED) is 0.427. The number of rotatable bonds is 9. The topological polar surface area (TPSA) is 83.5 Å². The van der Waals surface area contributed by atoms with Crippen LogP contribution in [0, 0.1) is 17.8 Å². The van der Waals surface area contributed by atoms with Crippen molar-refractivity contribution in [3.63, 3.8) is 0 Å². The number of allylic oxidation sites excluding steroid dienone is 2. The van der Waals surface area contributed by atoms with E-state index < -0.39 is 16.0 Å². The third-order valence-electron chi connectivity index (χ3n) is 5.94. The van der Waals surface area contributed by atoms with Gasteiger partial charge in [0.15, 0.2) is 0 Å². The number of aliphatic carboxylic acids is 1. The summed E-state index contributed by atoms with van der Waals surface area (Å²) in [6.45, 7) is 0. The van der Waals surface area contributed by atoms with Gasteiger partial charge in [-0.15, -0.1) is 0 Å². The first-order chi connectivity index (χ1) is 13.8. The average molecular weight is 438 g/mol. The summed E-state index contributed by atoms with van der Waals surface area (Å²) in [7, 11) is -3.53.